The van der Waals surface area contributed by atoms with Crippen LogP contribution in [0.3, 0.4) is 0 Å². The van der Waals surface area contributed by atoms with Crippen molar-refractivity contribution in [2.45, 2.75) is 6.92 Å². The van der Waals surface area contributed by atoms with Crippen LogP contribution in [0, 0.1) is 0 Å². The van der Waals surface area contributed by atoms with Gasteiger partial charge in [0.15, 0.2) is 0 Å². The zero-order valence-electron chi connectivity index (χ0n) is 6.60. The zero-order chi connectivity index (χ0) is 9.14. The molecule has 0 aliphatic heterocycles. The second kappa shape index (κ2) is 3.45. The van der Waals surface area contributed by atoms with Gasteiger partial charge < -0.3 is 11.1 Å². The highest BCUT2D eigenvalue weighted by atomic mass is 35.5. The molecule has 1 rings (SSSR count). The topological polar surface area (TPSA) is 55.1 Å². The normalized spacial score (nSPS) is 9.50. The van der Waals surface area contributed by atoms with E-state index in [0.29, 0.717) is 16.4 Å². The van der Waals surface area contributed by atoms with E-state index in [-0.39, 0.29) is 5.91 Å². The second-order valence-corrected chi connectivity index (χ2v) is 2.89. The predicted octanol–water partition coefficient (Wildman–Crippen LogP) is 1.88. The van der Waals surface area contributed by atoms with Gasteiger partial charge in [-0.1, -0.05) is 11.6 Å². The molecule has 0 unspecified atom stereocenters. The third-order valence-corrected chi connectivity index (χ3v) is 1.46. The quantitative estimate of drug-likeness (QED) is 0.655. The number of benzene rings is 1. The molecular formula is C8H9ClN2O. The van der Waals surface area contributed by atoms with Crippen molar-refractivity contribution in [3.05, 3.63) is 23.2 Å². The fourth-order valence-corrected chi connectivity index (χ4v) is 1.13. The van der Waals surface area contributed by atoms with Gasteiger partial charge in [0, 0.05) is 23.3 Å². The number of carbonyl (C=O) groups is 1. The molecule has 3 N–H and O–H groups in total. The lowest BCUT2D eigenvalue weighted by molar-refractivity contribution is -0.114. The van der Waals surface area contributed by atoms with Crippen LogP contribution >= 0.6 is 11.6 Å². The summed E-state index contributed by atoms with van der Waals surface area (Å²) in [6, 6.07) is 4.90. The van der Waals surface area contributed by atoms with Gasteiger partial charge in [-0.25, -0.2) is 0 Å². The highest BCUT2D eigenvalue weighted by Gasteiger charge is 1.97. The van der Waals surface area contributed by atoms with E-state index in [2.05, 4.69) is 5.32 Å². The van der Waals surface area contributed by atoms with Crippen LogP contribution in [0.25, 0.3) is 0 Å². The molecule has 4 heteroatoms. The van der Waals surface area contributed by atoms with Crippen LogP contribution in [0.15, 0.2) is 18.2 Å². The average molecular weight is 185 g/mol. The van der Waals surface area contributed by atoms with E-state index in [0.717, 1.165) is 0 Å². The fraction of sp³-hybridized carbons (Fsp3) is 0.125. The maximum atomic E-state index is 10.6. The fourth-order valence-electron chi connectivity index (χ4n) is 0.888. The molecule has 0 radical (unpaired) electrons. The summed E-state index contributed by atoms with van der Waals surface area (Å²) in [5.41, 5.74) is 6.65. The molecule has 64 valence electrons. The number of amides is 1. The SMILES string of the molecule is CC(=O)Nc1cc(N)cc(Cl)c1. The largest absolute Gasteiger partial charge is 0.399 e. The van der Waals surface area contributed by atoms with Crippen LogP contribution in [0.1, 0.15) is 6.92 Å². The van der Waals surface area contributed by atoms with Crippen molar-refractivity contribution in [3.63, 3.8) is 0 Å². The molecule has 0 heterocycles. The van der Waals surface area contributed by atoms with Gasteiger partial charge in [-0.15, -0.1) is 0 Å². The minimum atomic E-state index is -0.142. The summed E-state index contributed by atoms with van der Waals surface area (Å²) in [6.07, 6.45) is 0. The lowest BCUT2D eigenvalue weighted by Crippen LogP contribution is -2.05. The van der Waals surface area contributed by atoms with Gasteiger partial charge >= 0.3 is 0 Å². The van der Waals surface area contributed by atoms with Gasteiger partial charge in [0.2, 0.25) is 5.91 Å². The van der Waals surface area contributed by atoms with Crippen LogP contribution in [0.4, 0.5) is 11.4 Å². The number of nitrogen functional groups attached to an aromatic ring is 1. The standard InChI is InChI=1S/C8H9ClN2O/c1-5(12)11-8-3-6(9)2-7(10)4-8/h2-4H,10H2,1H3,(H,11,12). The summed E-state index contributed by atoms with van der Waals surface area (Å²) < 4.78 is 0. The summed E-state index contributed by atoms with van der Waals surface area (Å²) in [6.45, 7) is 1.43. The van der Waals surface area contributed by atoms with Gasteiger partial charge in [0.1, 0.15) is 0 Å². The first-order valence-corrected chi connectivity index (χ1v) is 3.79. The van der Waals surface area contributed by atoms with Crippen molar-refractivity contribution in [2.24, 2.45) is 0 Å². The Morgan fingerprint density at radius 1 is 1.50 bits per heavy atom. The number of carbonyl (C=O) groups excluding carboxylic acids is 1. The van der Waals surface area contributed by atoms with E-state index in [9.17, 15) is 4.79 Å². The lowest BCUT2D eigenvalue weighted by atomic mass is 10.3. The second-order valence-electron chi connectivity index (χ2n) is 2.45. The molecule has 0 saturated heterocycles. The molecule has 12 heavy (non-hydrogen) atoms. The first-order chi connectivity index (χ1) is 5.58. The van der Waals surface area contributed by atoms with Crippen molar-refractivity contribution < 1.29 is 4.79 Å². The number of nitrogens with two attached hydrogens (primary N) is 1. The molecule has 1 amide bonds. The zero-order valence-corrected chi connectivity index (χ0v) is 7.35. The Labute approximate surface area is 75.5 Å². The first kappa shape index (κ1) is 8.87. The number of nitrogens with one attached hydrogen (secondary N) is 1. The van der Waals surface area contributed by atoms with E-state index in [4.69, 9.17) is 17.3 Å². The summed E-state index contributed by atoms with van der Waals surface area (Å²) in [7, 11) is 0. The van der Waals surface area contributed by atoms with E-state index in [1.165, 1.54) is 6.92 Å². The number of hydrogen-bond donors (Lipinski definition) is 2. The van der Waals surface area contributed by atoms with Gasteiger partial charge in [-0.2, -0.15) is 0 Å². The van der Waals surface area contributed by atoms with Gasteiger partial charge in [0.05, 0.1) is 0 Å². The minimum Gasteiger partial charge on any atom is -0.399 e. The van der Waals surface area contributed by atoms with Crippen LogP contribution in [0.2, 0.25) is 5.02 Å². The van der Waals surface area contributed by atoms with Crippen LogP contribution in [-0.4, -0.2) is 5.91 Å². The summed E-state index contributed by atoms with van der Waals surface area (Å²) >= 11 is 5.70. The minimum absolute atomic E-state index is 0.142. The molecule has 1 aromatic rings. The third kappa shape index (κ3) is 2.43. The highest BCUT2D eigenvalue weighted by Crippen LogP contribution is 2.20. The van der Waals surface area contributed by atoms with Crippen molar-refractivity contribution in [2.75, 3.05) is 11.1 Å². The Balaban J connectivity index is 2.93. The highest BCUT2D eigenvalue weighted by molar-refractivity contribution is 6.31. The van der Waals surface area contributed by atoms with Crippen molar-refractivity contribution in [3.8, 4) is 0 Å². The summed E-state index contributed by atoms with van der Waals surface area (Å²) in [5.74, 6) is -0.142. The summed E-state index contributed by atoms with van der Waals surface area (Å²) in [4.78, 5) is 10.6. The Bertz CT molecular complexity index is 292. The van der Waals surface area contributed by atoms with E-state index < -0.39 is 0 Å². The molecule has 1 aromatic carbocycles. The lowest BCUT2D eigenvalue weighted by Gasteiger charge is -2.03. The van der Waals surface area contributed by atoms with Gasteiger partial charge in [-0.05, 0) is 18.2 Å². The smallest absolute Gasteiger partial charge is 0.221 e. The van der Waals surface area contributed by atoms with E-state index in [1.54, 1.807) is 18.2 Å². The Morgan fingerprint density at radius 2 is 2.17 bits per heavy atom. The first-order valence-electron chi connectivity index (χ1n) is 3.41. The monoisotopic (exact) mass is 184 g/mol. The molecule has 0 bridgehead atoms. The number of rotatable bonds is 1. The molecule has 0 fully saturated rings. The average Bonchev–Trinajstić information content (AvgIpc) is 1.81. The Hall–Kier alpha value is -1.22. The number of halogens is 1. The maximum Gasteiger partial charge on any atom is 0.221 e. The maximum absolute atomic E-state index is 10.6. The molecule has 0 atom stereocenters. The molecule has 0 aliphatic rings. The molecule has 0 spiro atoms. The van der Waals surface area contributed by atoms with E-state index >= 15 is 0 Å². The Kier molecular flexibility index (Phi) is 2.55. The number of hydrogen-bond acceptors (Lipinski definition) is 2. The summed E-state index contributed by atoms with van der Waals surface area (Å²) in [5, 5.41) is 3.10. The molecule has 0 aromatic heterocycles. The van der Waals surface area contributed by atoms with Crippen LogP contribution in [-0.2, 0) is 4.79 Å². The van der Waals surface area contributed by atoms with Crippen molar-refractivity contribution in [1.82, 2.24) is 0 Å². The number of anilines is 2. The third-order valence-electron chi connectivity index (χ3n) is 1.24. The van der Waals surface area contributed by atoms with Gasteiger partial charge in [-0.3, -0.25) is 4.79 Å². The molecular weight excluding hydrogens is 176 g/mol. The molecule has 0 saturated carbocycles. The van der Waals surface area contributed by atoms with Crippen LogP contribution in [0.5, 0.6) is 0 Å². The Morgan fingerprint density at radius 3 is 2.67 bits per heavy atom. The van der Waals surface area contributed by atoms with Crippen molar-refractivity contribution >= 4 is 28.9 Å². The molecule has 3 nitrogen and oxygen atoms in total. The van der Waals surface area contributed by atoms with Crippen LogP contribution < -0.4 is 11.1 Å². The van der Waals surface area contributed by atoms with Gasteiger partial charge in [0.25, 0.3) is 0 Å². The van der Waals surface area contributed by atoms with E-state index in [1.807, 2.05) is 0 Å². The predicted molar refractivity (Wildman–Crippen MR) is 50.2 cm³/mol. The molecule has 0 aliphatic carbocycles. The van der Waals surface area contributed by atoms with Crippen molar-refractivity contribution in [1.29, 1.82) is 0 Å².